The fourth-order valence-electron chi connectivity index (χ4n) is 10.9. The molecule has 1 heterocycles. The fraction of sp³-hybridized carbons (Fsp3) is 0. The predicted octanol–water partition coefficient (Wildman–Crippen LogP) is 19.9. The smallest absolute Gasteiger partial charge is 0.0620 e. The lowest BCUT2D eigenvalue weighted by Crippen LogP contribution is -2.09. The fourth-order valence-corrected chi connectivity index (χ4v) is 10.9. The van der Waals surface area contributed by atoms with Gasteiger partial charge in [-0.15, -0.1) is 0 Å². The number of anilines is 3. The SMILES string of the molecule is c1ccc(-c2cccc(-c3ccc(N(c4ccc(-c5cccc(-c6ccccc6)c5)cc4)c4ccc(-c5cccc6c5ccc5c(-c7ccccc7)c(-c7ccccc7)n(-c7ccccc7)c56)cc4)cc3)c2)cc1. The van der Waals surface area contributed by atoms with Gasteiger partial charge in [-0.1, -0.05) is 243 Å². The molecule has 0 amide bonds. The van der Waals surface area contributed by atoms with Crippen LogP contribution >= 0.6 is 0 Å². The molecule has 0 spiro atoms. The molecule has 0 saturated heterocycles. The zero-order valence-corrected chi connectivity index (χ0v) is 40.8. The van der Waals surface area contributed by atoms with Gasteiger partial charge in [-0.2, -0.15) is 0 Å². The Labute approximate surface area is 433 Å². The summed E-state index contributed by atoms with van der Waals surface area (Å²) >= 11 is 0. The Morgan fingerprint density at radius 3 is 1.07 bits per heavy atom. The van der Waals surface area contributed by atoms with E-state index in [0.29, 0.717) is 0 Å². The van der Waals surface area contributed by atoms with E-state index in [4.69, 9.17) is 0 Å². The maximum absolute atomic E-state index is 2.48. The minimum Gasteiger partial charge on any atom is -0.311 e. The van der Waals surface area contributed by atoms with Crippen LogP contribution in [0.15, 0.2) is 303 Å². The maximum atomic E-state index is 2.48. The first-order chi connectivity index (χ1) is 36.7. The topological polar surface area (TPSA) is 8.17 Å². The highest BCUT2D eigenvalue weighted by Crippen LogP contribution is 2.47. The van der Waals surface area contributed by atoms with Gasteiger partial charge in [0, 0.05) is 39.1 Å². The van der Waals surface area contributed by atoms with E-state index < -0.39 is 0 Å². The molecular weight excluding hydrogens is 893 g/mol. The normalized spacial score (nSPS) is 11.2. The largest absolute Gasteiger partial charge is 0.311 e. The molecule has 13 rings (SSSR count). The standard InChI is InChI=1S/C72H50N2/c1-6-19-51(20-7-1)58-27-16-29-60(49-58)53-35-41-63(42-36-53)73(64-43-37-54(38-44-64)61-30-17-28-59(50-61)52-21-8-2-9-22-52)65-45-39-55(40-46-65)66-33-18-34-68-67(66)47-48-69-70(56-23-10-3-11-24-56)71(57-25-12-4-13-26-57)74(72(68)69)62-31-14-5-15-32-62/h1-50H. The Hall–Kier alpha value is -9.76. The first-order valence-corrected chi connectivity index (χ1v) is 25.4. The van der Waals surface area contributed by atoms with E-state index in [-0.39, 0.29) is 0 Å². The van der Waals surface area contributed by atoms with Crippen molar-refractivity contribution in [1.29, 1.82) is 0 Å². The molecule has 13 aromatic rings. The minimum atomic E-state index is 1.08. The molecule has 2 heteroatoms. The lowest BCUT2D eigenvalue weighted by Gasteiger charge is -2.26. The van der Waals surface area contributed by atoms with Crippen LogP contribution in [-0.4, -0.2) is 4.57 Å². The van der Waals surface area contributed by atoms with Gasteiger partial charge in [0.15, 0.2) is 0 Å². The van der Waals surface area contributed by atoms with Crippen LogP contribution < -0.4 is 4.90 Å². The second-order valence-electron chi connectivity index (χ2n) is 18.9. The highest BCUT2D eigenvalue weighted by Gasteiger charge is 2.24. The monoisotopic (exact) mass is 942 g/mol. The van der Waals surface area contributed by atoms with E-state index in [0.717, 1.165) is 28.3 Å². The van der Waals surface area contributed by atoms with E-state index in [1.54, 1.807) is 0 Å². The van der Waals surface area contributed by atoms with Crippen LogP contribution in [0.5, 0.6) is 0 Å². The maximum Gasteiger partial charge on any atom is 0.0620 e. The Bertz CT molecular complexity index is 3930. The van der Waals surface area contributed by atoms with Gasteiger partial charge in [-0.25, -0.2) is 0 Å². The zero-order chi connectivity index (χ0) is 49.2. The Balaban J connectivity index is 0.915. The van der Waals surface area contributed by atoms with Crippen LogP contribution in [0.1, 0.15) is 0 Å². The summed E-state index contributed by atoms with van der Waals surface area (Å²) in [6.07, 6.45) is 0. The highest BCUT2D eigenvalue weighted by molar-refractivity contribution is 6.18. The van der Waals surface area contributed by atoms with Crippen molar-refractivity contribution in [2.24, 2.45) is 0 Å². The molecule has 0 unspecified atom stereocenters. The summed E-state index contributed by atoms with van der Waals surface area (Å²) in [5.74, 6) is 0. The van der Waals surface area contributed by atoms with Gasteiger partial charge in [0.05, 0.1) is 11.2 Å². The average Bonchev–Trinajstić information content (AvgIpc) is 3.85. The molecule has 0 aliphatic carbocycles. The van der Waals surface area contributed by atoms with Gasteiger partial charge in [0.25, 0.3) is 0 Å². The van der Waals surface area contributed by atoms with E-state index >= 15 is 0 Å². The van der Waals surface area contributed by atoms with Gasteiger partial charge < -0.3 is 9.47 Å². The first kappa shape index (κ1) is 44.2. The molecule has 1 aromatic heterocycles. The van der Waals surface area contributed by atoms with Crippen LogP contribution in [0.25, 0.3) is 105 Å². The molecule has 2 nitrogen and oxygen atoms in total. The quantitative estimate of drug-likeness (QED) is 0.125. The van der Waals surface area contributed by atoms with Crippen LogP contribution in [0.4, 0.5) is 17.1 Å². The van der Waals surface area contributed by atoms with Gasteiger partial charge >= 0.3 is 0 Å². The van der Waals surface area contributed by atoms with Gasteiger partial charge in [0.1, 0.15) is 0 Å². The number of hydrogen-bond donors (Lipinski definition) is 0. The third kappa shape index (κ3) is 8.35. The molecule has 0 aliphatic rings. The van der Waals surface area contributed by atoms with E-state index in [2.05, 4.69) is 313 Å². The van der Waals surface area contributed by atoms with Crippen molar-refractivity contribution in [2.75, 3.05) is 4.90 Å². The van der Waals surface area contributed by atoms with Gasteiger partial charge in [-0.05, 0) is 133 Å². The number of para-hydroxylation sites is 1. The van der Waals surface area contributed by atoms with E-state index in [1.165, 1.54) is 94.1 Å². The summed E-state index contributed by atoms with van der Waals surface area (Å²) in [4.78, 5) is 2.37. The number of aromatic nitrogens is 1. The predicted molar refractivity (Wildman–Crippen MR) is 314 cm³/mol. The van der Waals surface area contributed by atoms with Crippen LogP contribution in [-0.2, 0) is 0 Å². The Morgan fingerprint density at radius 2 is 0.595 bits per heavy atom. The third-order valence-electron chi connectivity index (χ3n) is 14.4. The number of benzene rings is 12. The molecular formula is C72H50N2. The highest BCUT2D eigenvalue weighted by atomic mass is 15.1. The molecule has 0 aliphatic heterocycles. The molecule has 348 valence electrons. The second kappa shape index (κ2) is 19.4. The van der Waals surface area contributed by atoms with Crippen molar-refractivity contribution in [1.82, 2.24) is 4.57 Å². The van der Waals surface area contributed by atoms with E-state index in [9.17, 15) is 0 Å². The number of nitrogens with zero attached hydrogens (tertiary/aromatic N) is 2. The summed E-state index contributed by atoms with van der Waals surface area (Å²) in [6.45, 7) is 0. The number of hydrogen-bond acceptors (Lipinski definition) is 1. The summed E-state index contributed by atoms with van der Waals surface area (Å²) < 4.78 is 2.48. The molecule has 74 heavy (non-hydrogen) atoms. The lowest BCUT2D eigenvalue weighted by atomic mass is 9.94. The van der Waals surface area contributed by atoms with Crippen molar-refractivity contribution < 1.29 is 0 Å². The van der Waals surface area contributed by atoms with Crippen molar-refractivity contribution in [3.63, 3.8) is 0 Å². The molecule has 0 radical (unpaired) electrons. The summed E-state index contributed by atoms with van der Waals surface area (Å²) in [5.41, 5.74) is 22.2. The minimum absolute atomic E-state index is 1.08. The Kier molecular flexibility index (Phi) is 11.6. The van der Waals surface area contributed by atoms with Crippen LogP contribution in [0, 0.1) is 0 Å². The van der Waals surface area contributed by atoms with Gasteiger partial charge in [0.2, 0.25) is 0 Å². The molecule has 0 N–H and O–H groups in total. The summed E-state index contributed by atoms with van der Waals surface area (Å²) in [5, 5.41) is 3.63. The third-order valence-corrected chi connectivity index (χ3v) is 14.4. The zero-order valence-electron chi connectivity index (χ0n) is 40.8. The molecule has 0 fully saturated rings. The van der Waals surface area contributed by atoms with Crippen molar-refractivity contribution in [3.05, 3.63) is 303 Å². The lowest BCUT2D eigenvalue weighted by molar-refractivity contribution is 1.14. The first-order valence-electron chi connectivity index (χ1n) is 25.4. The molecule has 12 aromatic carbocycles. The number of rotatable bonds is 11. The van der Waals surface area contributed by atoms with Gasteiger partial charge in [-0.3, -0.25) is 0 Å². The molecule has 0 saturated carbocycles. The van der Waals surface area contributed by atoms with E-state index in [1.807, 2.05) is 0 Å². The second-order valence-corrected chi connectivity index (χ2v) is 18.9. The molecule has 0 atom stereocenters. The number of fused-ring (bicyclic) bond motifs is 3. The van der Waals surface area contributed by atoms with Crippen LogP contribution in [0.2, 0.25) is 0 Å². The van der Waals surface area contributed by atoms with Crippen LogP contribution in [0.3, 0.4) is 0 Å². The molecule has 0 bridgehead atoms. The van der Waals surface area contributed by atoms with Crippen molar-refractivity contribution in [3.8, 4) is 83.7 Å². The summed E-state index contributed by atoms with van der Waals surface area (Å²) in [6, 6.07) is 110. The average molecular weight is 943 g/mol. The Morgan fingerprint density at radius 1 is 0.230 bits per heavy atom. The van der Waals surface area contributed by atoms with Crippen molar-refractivity contribution in [2.45, 2.75) is 0 Å². The van der Waals surface area contributed by atoms with Crippen molar-refractivity contribution >= 4 is 38.7 Å². The summed E-state index contributed by atoms with van der Waals surface area (Å²) in [7, 11) is 0.